The highest BCUT2D eigenvalue weighted by atomic mass is 35.5. The highest BCUT2D eigenvalue weighted by molar-refractivity contribution is 6.10. The van der Waals surface area contributed by atoms with Crippen molar-refractivity contribution in [3.8, 4) is 28.7 Å². The van der Waals surface area contributed by atoms with E-state index in [-0.39, 0.29) is 40.5 Å². The van der Waals surface area contributed by atoms with Crippen LogP contribution >= 0.6 is 23.7 Å². The highest BCUT2D eigenvalue weighted by Crippen LogP contribution is 2.40. The Kier molecular flexibility index (Phi) is 5.94. The van der Waals surface area contributed by atoms with Crippen LogP contribution in [0.2, 0.25) is 0 Å². The molecule has 0 unspecified atom stereocenters. The maximum Gasteiger partial charge on any atom is 0.203 e. The molecular weight excluding hydrogens is 361 g/mol. The number of ether oxygens (including phenoxy) is 2. The Bertz CT molecular complexity index is 731. The molecule has 128 valence electrons. The molecule has 9 heteroatoms. The average molecular weight is 374 g/mol. The van der Waals surface area contributed by atoms with Gasteiger partial charge in [-0.3, -0.25) is 9.78 Å². The molecular formula is C15H13Cl2NO6. The Morgan fingerprint density at radius 3 is 2.21 bits per heavy atom. The van der Waals surface area contributed by atoms with Gasteiger partial charge in [-0.25, -0.2) is 0 Å². The predicted molar refractivity (Wildman–Crippen MR) is 86.4 cm³/mol. The number of methoxy groups -OCH3 is 2. The third-order valence-electron chi connectivity index (χ3n) is 3.30. The minimum absolute atomic E-state index is 0.0329. The van der Waals surface area contributed by atoms with E-state index in [1.54, 1.807) is 0 Å². The molecule has 0 saturated heterocycles. The molecule has 7 nitrogen and oxygen atoms in total. The van der Waals surface area contributed by atoms with E-state index in [1.165, 1.54) is 38.7 Å². The quantitative estimate of drug-likeness (QED) is 0.744. The van der Waals surface area contributed by atoms with Gasteiger partial charge < -0.3 is 23.2 Å². The van der Waals surface area contributed by atoms with Crippen LogP contribution in [-0.2, 0) is 6.42 Å². The number of carbonyl (C=O) groups excluding carboxylic acids is 1. The second-order valence-electron chi connectivity index (χ2n) is 4.57. The van der Waals surface area contributed by atoms with Crippen LogP contribution in [0.5, 0.6) is 28.7 Å². The summed E-state index contributed by atoms with van der Waals surface area (Å²) in [5, 5.41) is 10.2. The Labute approximate surface area is 148 Å². The molecule has 1 N–H and O–H groups in total. The van der Waals surface area contributed by atoms with Gasteiger partial charge in [0.25, 0.3) is 0 Å². The number of pyridine rings is 1. The van der Waals surface area contributed by atoms with Crippen LogP contribution < -0.4 is 18.1 Å². The summed E-state index contributed by atoms with van der Waals surface area (Å²) < 4.78 is 19.4. The van der Waals surface area contributed by atoms with E-state index in [2.05, 4.69) is 13.6 Å². The number of carbonyl (C=O) groups is 1. The maximum absolute atomic E-state index is 12.6. The number of ketones is 1. The summed E-state index contributed by atoms with van der Waals surface area (Å²) in [6, 6.07) is 2.93. The number of nitrogens with zero attached hydrogens (tertiary/aromatic N) is 1. The van der Waals surface area contributed by atoms with Crippen LogP contribution in [0, 0.1) is 0 Å². The number of hydrogen-bond acceptors (Lipinski definition) is 7. The fourth-order valence-electron chi connectivity index (χ4n) is 2.15. The van der Waals surface area contributed by atoms with Crippen LogP contribution in [-0.4, -0.2) is 30.1 Å². The monoisotopic (exact) mass is 373 g/mol. The second kappa shape index (κ2) is 7.94. The van der Waals surface area contributed by atoms with Crippen molar-refractivity contribution in [1.29, 1.82) is 0 Å². The van der Waals surface area contributed by atoms with Crippen molar-refractivity contribution in [3.63, 3.8) is 0 Å². The fraction of sp³-hybridized carbons (Fsp3) is 0.200. The van der Waals surface area contributed by atoms with Gasteiger partial charge in [-0.05, 0) is 12.1 Å². The molecule has 2 rings (SSSR count). The smallest absolute Gasteiger partial charge is 0.203 e. The van der Waals surface area contributed by atoms with Crippen molar-refractivity contribution < 1.29 is 28.0 Å². The van der Waals surface area contributed by atoms with Crippen LogP contribution in [0.4, 0.5) is 0 Å². The summed E-state index contributed by atoms with van der Waals surface area (Å²) in [5.41, 5.74) is 0.319. The summed E-state index contributed by atoms with van der Waals surface area (Å²) in [5.74, 6) is -0.195. The molecule has 0 bridgehead atoms. The number of Topliss-reactive ketones (excluding diaryl/α,β-unsaturated/α-hetero) is 1. The number of halogens is 2. The normalized spacial score (nSPS) is 10.2. The lowest BCUT2D eigenvalue weighted by Gasteiger charge is -2.13. The van der Waals surface area contributed by atoms with Gasteiger partial charge in [0.05, 0.1) is 37.7 Å². The second-order valence-corrected chi connectivity index (χ2v) is 4.87. The molecule has 0 aliphatic heterocycles. The molecule has 0 atom stereocenters. The standard InChI is InChI=1S/C15H13Cl2NO6/c1-21-11-4-3-8(14(20)15(11)22-2)10(19)5-9-12(23-16)6-18-7-13(9)24-17/h3-4,6-7,20H,5H2,1-2H3. The number of phenolic OH excluding ortho intramolecular Hbond substituents is 1. The number of aromatic nitrogens is 1. The molecule has 0 amide bonds. The molecule has 0 saturated carbocycles. The van der Waals surface area contributed by atoms with E-state index in [1.807, 2.05) is 0 Å². The zero-order valence-electron chi connectivity index (χ0n) is 12.7. The van der Waals surface area contributed by atoms with Crippen molar-refractivity contribution in [1.82, 2.24) is 4.98 Å². The van der Waals surface area contributed by atoms with Gasteiger partial charge in [0.2, 0.25) is 5.75 Å². The number of aromatic hydroxyl groups is 1. The van der Waals surface area contributed by atoms with E-state index in [0.29, 0.717) is 5.75 Å². The van der Waals surface area contributed by atoms with E-state index in [4.69, 9.17) is 33.2 Å². The van der Waals surface area contributed by atoms with E-state index in [0.717, 1.165) is 0 Å². The summed E-state index contributed by atoms with van der Waals surface area (Å²) in [6.45, 7) is 0. The van der Waals surface area contributed by atoms with Crippen molar-refractivity contribution in [2.45, 2.75) is 6.42 Å². The molecule has 0 radical (unpaired) electrons. The lowest BCUT2D eigenvalue weighted by molar-refractivity contribution is 0.0988. The molecule has 0 aliphatic carbocycles. The SMILES string of the molecule is COc1ccc(C(=O)Cc2c(OCl)cncc2OCl)c(O)c1OC. The van der Waals surface area contributed by atoms with E-state index in [9.17, 15) is 9.90 Å². The average Bonchev–Trinajstić information content (AvgIpc) is 2.61. The van der Waals surface area contributed by atoms with Crippen molar-refractivity contribution in [2.24, 2.45) is 0 Å². The molecule has 1 aromatic heterocycles. The van der Waals surface area contributed by atoms with Crippen LogP contribution in [0.1, 0.15) is 15.9 Å². The number of rotatable bonds is 7. The van der Waals surface area contributed by atoms with Gasteiger partial charge in [0.1, 0.15) is 23.7 Å². The maximum atomic E-state index is 12.6. The zero-order chi connectivity index (χ0) is 17.7. The third kappa shape index (κ3) is 3.42. The summed E-state index contributed by atoms with van der Waals surface area (Å²) in [6.07, 6.45) is 2.42. The Morgan fingerprint density at radius 2 is 1.71 bits per heavy atom. The minimum Gasteiger partial charge on any atom is -0.504 e. The van der Waals surface area contributed by atoms with E-state index >= 15 is 0 Å². The molecule has 1 heterocycles. The first kappa shape index (κ1) is 18.0. The van der Waals surface area contributed by atoms with E-state index < -0.39 is 5.78 Å². The predicted octanol–water partition coefficient (Wildman–Crippen LogP) is 3.30. The lowest BCUT2D eigenvalue weighted by atomic mass is 10.0. The first-order valence-electron chi connectivity index (χ1n) is 6.58. The first-order chi connectivity index (χ1) is 11.6. The van der Waals surface area contributed by atoms with Crippen LogP contribution in [0.3, 0.4) is 0 Å². The molecule has 0 spiro atoms. The van der Waals surface area contributed by atoms with Crippen molar-refractivity contribution in [2.75, 3.05) is 14.2 Å². The van der Waals surface area contributed by atoms with Gasteiger partial charge in [0, 0.05) is 6.42 Å². The number of hydrogen-bond donors (Lipinski definition) is 1. The molecule has 0 aliphatic rings. The Morgan fingerprint density at radius 1 is 1.08 bits per heavy atom. The summed E-state index contributed by atoms with van der Waals surface area (Å²) in [4.78, 5) is 16.4. The molecule has 24 heavy (non-hydrogen) atoms. The highest BCUT2D eigenvalue weighted by Gasteiger charge is 2.22. The summed E-state index contributed by atoms with van der Waals surface area (Å²) in [7, 11) is 2.78. The molecule has 0 fully saturated rings. The Balaban J connectivity index is 2.41. The van der Waals surface area contributed by atoms with Gasteiger partial charge in [-0.15, -0.1) is 0 Å². The van der Waals surface area contributed by atoms with Crippen molar-refractivity contribution in [3.05, 3.63) is 35.7 Å². The van der Waals surface area contributed by atoms with Crippen LogP contribution in [0.25, 0.3) is 0 Å². The third-order valence-corrected chi connectivity index (χ3v) is 3.63. The summed E-state index contributed by atoms with van der Waals surface area (Å²) >= 11 is 10.7. The number of benzene rings is 1. The Hall–Kier alpha value is -2.38. The van der Waals surface area contributed by atoms with Gasteiger partial charge in [0.15, 0.2) is 28.8 Å². The zero-order valence-corrected chi connectivity index (χ0v) is 14.2. The largest absolute Gasteiger partial charge is 0.504 e. The molecule has 2 aromatic rings. The van der Waals surface area contributed by atoms with Gasteiger partial charge >= 0.3 is 0 Å². The van der Waals surface area contributed by atoms with Gasteiger partial charge in [-0.2, -0.15) is 0 Å². The topological polar surface area (TPSA) is 87.1 Å². The van der Waals surface area contributed by atoms with Crippen LogP contribution in [0.15, 0.2) is 24.5 Å². The van der Waals surface area contributed by atoms with Crippen molar-refractivity contribution >= 4 is 29.5 Å². The fourth-order valence-corrected chi connectivity index (χ4v) is 2.41. The molecule has 1 aromatic carbocycles. The number of phenols is 1. The van der Waals surface area contributed by atoms with Gasteiger partial charge in [-0.1, -0.05) is 0 Å². The first-order valence-corrected chi connectivity index (χ1v) is 7.20. The lowest BCUT2D eigenvalue weighted by Crippen LogP contribution is -2.07. The minimum atomic E-state index is -0.440.